The van der Waals surface area contributed by atoms with Crippen molar-refractivity contribution in [2.24, 2.45) is 0 Å². The van der Waals surface area contributed by atoms with Crippen molar-refractivity contribution >= 4 is 26.7 Å². The van der Waals surface area contributed by atoms with E-state index in [0.717, 1.165) is 10.8 Å². The number of carbonyl (C=O) groups excluding carboxylic acids is 1. The van der Waals surface area contributed by atoms with E-state index in [-0.39, 0.29) is 11.4 Å². The van der Waals surface area contributed by atoms with Crippen LogP contribution in [0.1, 0.15) is 18.6 Å². The highest BCUT2D eigenvalue weighted by molar-refractivity contribution is 7.89. The molecular weight excluding hydrogens is 378 g/mol. The second-order valence-corrected chi connectivity index (χ2v) is 8.18. The quantitative estimate of drug-likeness (QED) is 0.561. The van der Waals surface area contributed by atoms with Gasteiger partial charge in [0.25, 0.3) is 5.91 Å². The van der Waals surface area contributed by atoms with Crippen molar-refractivity contribution in [1.82, 2.24) is 15.0 Å². The molecule has 0 spiro atoms. The number of sulfonamides is 1. The molecule has 3 rings (SSSR count). The van der Waals surface area contributed by atoms with Crippen LogP contribution in [0.4, 0.5) is 0 Å². The van der Waals surface area contributed by atoms with Crippen molar-refractivity contribution in [3.05, 3.63) is 72.6 Å². The normalized spacial score (nSPS) is 13.8. The average Bonchev–Trinajstić information content (AvgIpc) is 2.71. The lowest BCUT2D eigenvalue weighted by Gasteiger charge is -2.17. The van der Waals surface area contributed by atoms with Gasteiger partial charge in [0.15, 0.2) is 6.10 Å². The summed E-state index contributed by atoms with van der Waals surface area (Å²) in [4.78, 5) is 16.2. The number of hydrogen-bond donors (Lipinski definition) is 3. The van der Waals surface area contributed by atoms with Crippen molar-refractivity contribution in [2.45, 2.75) is 24.0 Å². The number of rotatable bonds is 7. The van der Waals surface area contributed by atoms with Gasteiger partial charge in [0.2, 0.25) is 10.0 Å². The summed E-state index contributed by atoms with van der Waals surface area (Å²) in [6.45, 7) is 1.68. The van der Waals surface area contributed by atoms with E-state index in [1.54, 1.807) is 67.8 Å². The lowest BCUT2D eigenvalue weighted by atomic mass is 10.1. The van der Waals surface area contributed by atoms with Gasteiger partial charge in [0, 0.05) is 30.4 Å². The molecule has 7 nitrogen and oxygen atoms in total. The van der Waals surface area contributed by atoms with E-state index >= 15 is 0 Å². The summed E-state index contributed by atoms with van der Waals surface area (Å²) in [5, 5.41) is 14.2. The first-order chi connectivity index (χ1) is 13.4. The molecular formula is C20H21N3O4S. The van der Waals surface area contributed by atoms with Crippen molar-refractivity contribution in [3.63, 3.8) is 0 Å². The highest BCUT2D eigenvalue weighted by Crippen LogP contribution is 2.18. The standard InChI is InChI=1S/C20H21N3O4S/c1-14(12-22-20(25)19(24)15-5-3-2-4-6-15)23-28(26,27)18-8-7-17-13-21-10-9-16(17)11-18/h2-11,13-14,19,23-24H,12H2,1H3,(H,22,25)/t14-,19+/m1/s1. The number of aliphatic hydroxyl groups is 1. The number of carbonyl (C=O) groups is 1. The third kappa shape index (κ3) is 4.72. The Morgan fingerprint density at radius 1 is 1.11 bits per heavy atom. The number of aliphatic hydroxyl groups excluding tert-OH is 1. The van der Waals surface area contributed by atoms with Gasteiger partial charge in [-0.25, -0.2) is 13.1 Å². The van der Waals surface area contributed by atoms with Gasteiger partial charge in [-0.3, -0.25) is 9.78 Å². The zero-order chi connectivity index (χ0) is 20.1. The Bertz CT molecular complexity index is 1070. The van der Waals surface area contributed by atoms with Gasteiger partial charge in [-0.05, 0) is 36.1 Å². The molecule has 0 unspecified atom stereocenters. The summed E-state index contributed by atoms with van der Waals surface area (Å²) in [5.41, 5.74) is 0.471. The minimum atomic E-state index is -3.76. The number of fused-ring (bicyclic) bond motifs is 1. The Labute approximate surface area is 163 Å². The topological polar surface area (TPSA) is 108 Å². The molecule has 0 bridgehead atoms. The van der Waals surface area contributed by atoms with Crippen LogP contribution >= 0.6 is 0 Å². The zero-order valence-electron chi connectivity index (χ0n) is 15.2. The fourth-order valence-electron chi connectivity index (χ4n) is 2.74. The molecule has 0 aliphatic carbocycles. The Hall–Kier alpha value is -2.81. The number of nitrogens with zero attached hydrogens (tertiary/aromatic N) is 1. The van der Waals surface area contributed by atoms with Crippen LogP contribution in [0.25, 0.3) is 10.8 Å². The van der Waals surface area contributed by atoms with Crippen LogP contribution in [0.3, 0.4) is 0 Å². The molecule has 3 N–H and O–H groups in total. The smallest absolute Gasteiger partial charge is 0.253 e. The number of benzene rings is 2. The van der Waals surface area contributed by atoms with E-state index in [4.69, 9.17) is 0 Å². The van der Waals surface area contributed by atoms with Crippen LogP contribution in [0, 0.1) is 0 Å². The second kappa shape index (κ2) is 8.47. The van der Waals surface area contributed by atoms with Gasteiger partial charge in [-0.15, -0.1) is 0 Å². The van der Waals surface area contributed by atoms with Gasteiger partial charge >= 0.3 is 0 Å². The molecule has 0 aliphatic heterocycles. The van der Waals surface area contributed by atoms with Crippen molar-refractivity contribution in [2.75, 3.05) is 6.54 Å². The molecule has 2 aromatic carbocycles. The van der Waals surface area contributed by atoms with Gasteiger partial charge in [-0.1, -0.05) is 36.4 Å². The molecule has 1 aromatic heterocycles. The molecule has 0 radical (unpaired) electrons. The van der Waals surface area contributed by atoms with Crippen LogP contribution < -0.4 is 10.0 Å². The number of pyridine rings is 1. The van der Waals surface area contributed by atoms with Crippen LogP contribution in [-0.4, -0.2) is 37.0 Å². The maximum Gasteiger partial charge on any atom is 0.253 e. The van der Waals surface area contributed by atoms with E-state index in [1.807, 2.05) is 0 Å². The fourth-order valence-corrected chi connectivity index (χ4v) is 4.02. The monoisotopic (exact) mass is 399 g/mol. The third-order valence-corrected chi connectivity index (χ3v) is 5.81. The van der Waals surface area contributed by atoms with Gasteiger partial charge in [-0.2, -0.15) is 0 Å². The maximum atomic E-state index is 12.6. The minimum Gasteiger partial charge on any atom is -0.378 e. The number of nitrogens with one attached hydrogen (secondary N) is 2. The van der Waals surface area contributed by atoms with E-state index in [2.05, 4.69) is 15.0 Å². The predicted molar refractivity (Wildman–Crippen MR) is 106 cm³/mol. The molecule has 3 aromatic rings. The molecule has 1 amide bonds. The largest absolute Gasteiger partial charge is 0.378 e. The maximum absolute atomic E-state index is 12.6. The molecule has 0 fully saturated rings. The van der Waals surface area contributed by atoms with Crippen LogP contribution in [0.5, 0.6) is 0 Å². The Balaban J connectivity index is 1.61. The summed E-state index contributed by atoms with van der Waals surface area (Å²) < 4.78 is 27.7. The Kier molecular flexibility index (Phi) is 6.03. The molecule has 28 heavy (non-hydrogen) atoms. The highest BCUT2D eigenvalue weighted by Gasteiger charge is 2.20. The van der Waals surface area contributed by atoms with Crippen LogP contribution in [-0.2, 0) is 14.8 Å². The SMILES string of the molecule is C[C@H](CNC(=O)[C@@H](O)c1ccccc1)NS(=O)(=O)c1ccc2cnccc2c1. The number of amides is 1. The summed E-state index contributed by atoms with van der Waals surface area (Å²) in [6.07, 6.45) is 1.96. The van der Waals surface area contributed by atoms with E-state index in [0.29, 0.717) is 5.56 Å². The molecule has 2 atom stereocenters. The van der Waals surface area contributed by atoms with Gasteiger partial charge < -0.3 is 10.4 Å². The Morgan fingerprint density at radius 2 is 1.86 bits per heavy atom. The van der Waals surface area contributed by atoms with Gasteiger partial charge in [0.1, 0.15) is 0 Å². The molecule has 0 saturated carbocycles. The molecule has 1 heterocycles. The first kappa shape index (κ1) is 19.9. The highest BCUT2D eigenvalue weighted by atomic mass is 32.2. The van der Waals surface area contributed by atoms with Crippen molar-refractivity contribution in [1.29, 1.82) is 0 Å². The van der Waals surface area contributed by atoms with Crippen LogP contribution in [0.15, 0.2) is 71.9 Å². The number of aromatic nitrogens is 1. The lowest BCUT2D eigenvalue weighted by Crippen LogP contribution is -2.43. The van der Waals surface area contributed by atoms with Crippen LogP contribution in [0.2, 0.25) is 0 Å². The first-order valence-electron chi connectivity index (χ1n) is 8.73. The minimum absolute atomic E-state index is 0.0411. The van der Waals surface area contributed by atoms with Crippen molar-refractivity contribution < 1.29 is 18.3 Å². The Morgan fingerprint density at radius 3 is 2.61 bits per heavy atom. The number of hydrogen-bond acceptors (Lipinski definition) is 5. The summed E-state index contributed by atoms with van der Waals surface area (Å²) in [7, 11) is -3.76. The average molecular weight is 399 g/mol. The summed E-state index contributed by atoms with van der Waals surface area (Å²) >= 11 is 0. The summed E-state index contributed by atoms with van der Waals surface area (Å²) in [6, 6.07) is 14.5. The van der Waals surface area contributed by atoms with E-state index in [9.17, 15) is 18.3 Å². The third-order valence-electron chi connectivity index (χ3n) is 4.22. The van der Waals surface area contributed by atoms with E-state index < -0.39 is 28.1 Å². The first-order valence-corrected chi connectivity index (χ1v) is 10.2. The lowest BCUT2D eigenvalue weighted by molar-refractivity contribution is -0.129. The van der Waals surface area contributed by atoms with Crippen molar-refractivity contribution in [3.8, 4) is 0 Å². The van der Waals surface area contributed by atoms with E-state index in [1.165, 1.54) is 6.07 Å². The summed E-state index contributed by atoms with van der Waals surface area (Å²) in [5.74, 6) is -0.588. The fraction of sp³-hybridized carbons (Fsp3) is 0.200. The second-order valence-electron chi connectivity index (χ2n) is 6.47. The predicted octanol–water partition coefficient (Wildman–Crippen LogP) is 1.75. The molecule has 0 saturated heterocycles. The zero-order valence-corrected chi connectivity index (χ0v) is 16.1. The van der Waals surface area contributed by atoms with Gasteiger partial charge in [0.05, 0.1) is 4.90 Å². The molecule has 8 heteroatoms. The molecule has 0 aliphatic rings. The molecule has 146 valence electrons.